The van der Waals surface area contributed by atoms with E-state index in [0.717, 1.165) is 23.1 Å². The predicted octanol–water partition coefficient (Wildman–Crippen LogP) is 5.10. The third-order valence-electron chi connectivity index (χ3n) is 5.61. The van der Waals surface area contributed by atoms with Crippen LogP contribution in [0, 0.1) is 0 Å². The number of furan rings is 1. The number of fused-ring (bicyclic) bond motifs is 1. The summed E-state index contributed by atoms with van der Waals surface area (Å²) in [5.74, 6) is -0.995. The topological polar surface area (TPSA) is 88.8 Å². The van der Waals surface area contributed by atoms with Crippen molar-refractivity contribution in [1.29, 1.82) is 0 Å². The van der Waals surface area contributed by atoms with E-state index in [9.17, 15) is 14.7 Å². The van der Waals surface area contributed by atoms with Gasteiger partial charge in [0.05, 0.1) is 7.11 Å². The van der Waals surface area contributed by atoms with Crippen molar-refractivity contribution in [3.63, 3.8) is 0 Å². The van der Waals surface area contributed by atoms with Crippen molar-refractivity contribution < 1.29 is 23.8 Å². The first-order valence-electron chi connectivity index (χ1n) is 10.8. The minimum absolute atomic E-state index is 0.0515. The first kappa shape index (κ1) is 22.1. The van der Waals surface area contributed by atoms with Crippen LogP contribution in [-0.2, 0) is 17.6 Å². The largest absolute Gasteiger partial charge is 0.497 e. The maximum Gasteiger partial charge on any atom is 0.326 e. The van der Waals surface area contributed by atoms with Gasteiger partial charge in [-0.05, 0) is 52.9 Å². The molecule has 0 saturated carbocycles. The summed E-state index contributed by atoms with van der Waals surface area (Å²) in [6, 6.07) is 21.7. The number of hydrogen-bond acceptors (Lipinski definition) is 4. The molecule has 2 N–H and O–H groups in total. The number of carbonyl (C=O) groups excluding carboxylic acids is 1. The summed E-state index contributed by atoms with van der Waals surface area (Å²) < 4.78 is 10.8. The maximum absolute atomic E-state index is 12.7. The average molecular weight is 443 g/mol. The van der Waals surface area contributed by atoms with E-state index in [1.54, 1.807) is 31.4 Å². The van der Waals surface area contributed by atoms with Gasteiger partial charge in [-0.3, -0.25) is 4.79 Å². The Bertz CT molecular complexity index is 1290. The molecule has 1 unspecified atom stereocenters. The number of carboxylic acids is 1. The Morgan fingerprint density at radius 1 is 0.970 bits per heavy atom. The van der Waals surface area contributed by atoms with Crippen LogP contribution in [0.25, 0.3) is 22.1 Å². The molecular formula is C27H25NO5. The lowest BCUT2D eigenvalue weighted by Crippen LogP contribution is -2.42. The zero-order chi connectivity index (χ0) is 23.4. The van der Waals surface area contributed by atoms with E-state index in [2.05, 4.69) is 30.4 Å². The van der Waals surface area contributed by atoms with Gasteiger partial charge in [-0.25, -0.2) is 4.79 Å². The molecule has 0 spiro atoms. The van der Waals surface area contributed by atoms with Crippen molar-refractivity contribution in [2.24, 2.45) is 0 Å². The van der Waals surface area contributed by atoms with E-state index in [4.69, 9.17) is 9.15 Å². The van der Waals surface area contributed by atoms with Gasteiger partial charge in [0.25, 0.3) is 5.91 Å². The van der Waals surface area contributed by atoms with Gasteiger partial charge in [0.15, 0.2) is 5.76 Å². The van der Waals surface area contributed by atoms with Crippen LogP contribution in [0.4, 0.5) is 0 Å². The molecule has 0 fully saturated rings. The summed E-state index contributed by atoms with van der Waals surface area (Å²) in [6.45, 7) is 2.12. The molecule has 6 heteroatoms. The highest BCUT2D eigenvalue weighted by Crippen LogP contribution is 2.25. The van der Waals surface area contributed by atoms with Crippen LogP contribution < -0.4 is 10.1 Å². The second kappa shape index (κ2) is 9.61. The van der Waals surface area contributed by atoms with Crippen LogP contribution >= 0.6 is 0 Å². The van der Waals surface area contributed by atoms with Crippen molar-refractivity contribution in [3.8, 4) is 16.9 Å². The number of rotatable bonds is 8. The Labute approximate surface area is 191 Å². The van der Waals surface area contributed by atoms with Gasteiger partial charge in [0.2, 0.25) is 0 Å². The normalized spacial score (nSPS) is 11.8. The second-order valence-electron chi connectivity index (χ2n) is 7.83. The smallest absolute Gasteiger partial charge is 0.326 e. The summed E-state index contributed by atoms with van der Waals surface area (Å²) >= 11 is 0. The fraction of sp³-hybridized carbons (Fsp3) is 0.185. The second-order valence-corrected chi connectivity index (χ2v) is 7.83. The van der Waals surface area contributed by atoms with E-state index in [1.807, 2.05) is 30.3 Å². The van der Waals surface area contributed by atoms with E-state index in [0.29, 0.717) is 16.7 Å². The molecule has 4 aromatic rings. The van der Waals surface area contributed by atoms with E-state index in [-0.39, 0.29) is 12.2 Å². The maximum atomic E-state index is 12.7. The summed E-state index contributed by atoms with van der Waals surface area (Å²) in [7, 11) is 1.56. The molecule has 0 radical (unpaired) electrons. The Kier molecular flexibility index (Phi) is 6.45. The first-order chi connectivity index (χ1) is 16.0. The highest BCUT2D eigenvalue weighted by Gasteiger charge is 2.23. The molecule has 1 aromatic heterocycles. The van der Waals surface area contributed by atoms with Gasteiger partial charge in [-0.2, -0.15) is 0 Å². The molecule has 0 aliphatic rings. The molecular weight excluding hydrogens is 418 g/mol. The standard InChI is InChI=1S/C27H25NO5/c1-3-17-5-4-6-20(13-17)19-9-7-18(8-10-19)14-23(27(30)31)28-26(29)25-16-21-15-22(32-2)11-12-24(21)33-25/h4-13,15-16,23H,3,14H2,1-2H3,(H,28,29)(H,30,31). The number of ether oxygens (including phenoxy) is 1. The molecule has 1 amide bonds. The Hall–Kier alpha value is -4.06. The highest BCUT2D eigenvalue weighted by molar-refractivity contribution is 5.98. The molecule has 4 rings (SSSR count). The average Bonchev–Trinajstić information content (AvgIpc) is 3.27. The fourth-order valence-electron chi connectivity index (χ4n) is 3.73. The van der Waals surface area contributed by atoms with Crippen LogP contribution in [0.5, 0.6) is 5.75 Å². The van der Waals surface area contributed by atoms with Gasteiger partial charge in [0, 0.05) is 11.8 Å². The lowest BCUT2D eigenvalue weighted by Gasteiger charge is -2.14. The van der Waals surface area contributed by atoms with E-state index < -0.39 is 17.9 Å². The monoisotopic (exact) mass is 443 g/mol. The van der Waals surface area contributed by atoms with E-state index in [1.165, 1.54) is 5.56 Å². The zero-order valence-corrected chi connectivity index (χ0v) is 18.5. The number of benzene rings is 3. The first-order valence-corrected chi connectivity index (χ1v) is 10.8. The summed E-state index contributed by atoms with van der Waals surface area (Å²) in [5, 5.41) is 12.9. The van der Waals surface area contributed by atoms with Crippen molar-refractivity contribution in [2.45, 2.75) is 25.8 Å². The lowest BCUT2D eigenvalue weighted by atomic mass is 9.99. The molecule has 0 saturated heterocycles. The third kappa shape index (κ3) is 5.06. The van der Waals surface area contributed by atoms with Crippen LogP contribution in [0.2, 0.25) is 0 Å². The van der Waals surface area contributed by atoms with Crippen LogP contribution in [0.1, 0.15) is 28.6 Å². The summed E-state index contributed by atoms with van der Waals surface area (Å²) in [5.41, 5.74) is 4.77. The Morgan fingerprint density at radius 3 is 2.45 bits per heavy atom. The number of carboxylic acid groups (broad SMARTS) is 1. The number of methoxy groups -OCH3 is 1. The summed E-state index contributed by atoms with van der Waals surface area (Å²) in [4.78, 5) is 24.5. The SMILES string of the molecule is CCc1cccc(-c2ccc(CC(NC(=O)c3cc4cc(OC)ccc4o3)C(=O)O)cc2)c1. The van der Waals surface area contributed by atoms with Gasteiger partial charge in [0.1, 0.15) is 17.4 Å². The number of amides is 1. The molecule has 1 heterocycles. The van der Waals surface area contributed by atoms with Gasteiger partial charge in [-0.15, -0.1) is 0 Å². The number of aliphatic carboxylic acids is 1. The van der Waals surface area contributed by atoms with Crippen molar-refractivity contribution in [1.82, 2.24) is 5.32 Å². The number of carbonyl (C=O) groups is 2. The molecule has 6 nitrogen and oxygen atoms in total. The molecule has 0 aliphatic carbocycles. The number of aryl methyl sites for hydroxylation is 1. The predicted molar refractivity (Wildman–Crippen MR) is 127 cm³/mol. The molecule has 33 heavy (non-hydrogen) atoms. The molecule has 0 aliphatic heterocycles. The van der Waals surface area contributed by atoms with Gasteiger partial charge >= 0.3 is 5.97 Å². The van der Waals surface area contributed by atoms with Crippen LogP contribution in [0.3, 0.4) is 0 Å². The molecule has 3 aromatic carbocycles. The van der Waals surface area contributed by atoms with Crippen LogP contribution in [-0.4, -0.2) is 30.1 Å². The van der Waals surface area contributed by atoms with Crippen molar-refractivity contribution in [2.75, 3.05) is 7.11 Å². The van der Waals surface area contributed by atoms with E-state index >= 15 is 0 Å². The minimum atomic E-state index is -1.11. The lowest BCUT2D eigenvalue weighted by molar-refractivity contribution is -0.139. The fourth-order valence-corrected chi connectivity index (χ4v) is 3.73. The third-order valence-corrected chi connectivity index (χ3v) is 5.61. The highest BCUT2D eigenvalue weighted by atomic mass is 16.5. The Balaban J connectivity index is 1.47. The summed E-state index contributed by atoms with van der Waals surface area (Å²) in [6.07, 6.45) is 1.12. The van der Waals surface area contributed by atoms with Crippen LogP contribution in [0.15, 0.2) is 77.2 Å². The van der Waals surface area contributed by atoms with Gasteiger partial charge in [-0.1, -0.05) is 55.5 Å². The molecule has 1 atom stereocenters. The number of hydrogen-bond donors (Lipinski definition) is 2. The minimum Gasteiger partial charge on any atom is -0.497 e. The van der Waals surface area contributed by atoms with Crippen molar-refractivity contribution in [3.05, 3.63) is 89.7 Å². The quantitative estimate of drug-likeness (QED) is 0.396. The van der Waals surface area contributed by atoms with Gasteiger partial charge < -0.3 is 19.6 Å². The molecule has 0 bridgehead atoms. The Morgan fingerprint density at radius 2 is 1.76 bits per heavy atom. The zero-order valence-electron chi connectivity index (χ0n) is 18.5. The molecule has 168 valence electrons. The van der Waals surface area contributed by atoms with Crippen molar-refractivity contribution >= 4 is 22.8 Å². The number of nitrogens with one attached hydrogen (secondary N) is 1.